The second-order valence-electron chi connectivity index (χ2n) is 5.64. The maximum absolute atomic E-state index is 5.34. The first-order valence-corrected chi connectivity index (χ1v) is 7.59. The molecule has 1 fully saturated rings. The summed E-state index contributed by atoms with van der Waals surface area (Å²) in [6, 6.07) is 6.13. The van der Waals surface area contributed by atoms with Crippen LogP contribution in [0.25, 0.3) is 11.4 Å². The van der Waals surface area contributed by atoms with Gasteiger partial charge in [0.2, 0.25) is 0 Å². The zero-order valence-corrected chi connectivity index (χ0v) is 12.8. The van der Waals surface area contributed by atoms with E-state index < -0.39 is 0 Å². The molecule has 0 unspecified atom stereocenters. The number of aromatic amines is 1. The highest BCUT2D eigenvalue weighted by molar-refractivity contribution is 7.71. The number of pyridine rings is 1. The monoisotopic (exact) mass is 285 g/mol. The van der Waals surface area contributed by atoms with Gasteiger partial charge in [-0.05, 0) is 50.8 Å². The molecule has 0 saturated heterocycles. The number of nitrogens with zero attached hydrogens (tertiary/aromatic N) is 2. The van der Waals surface area contributed by atoms with Crippen LogP contribution in [0.15, 0.2) is 18.2 Å². The molecule has 0 bridgehead atoms. The predicted molar refractivity (Wildman–Crippen MR) is 83.3 cm³/mol. The van der Waals surface area contributed by atoms with Gasteiger partial charge in [0.1, 0.15) is 10.5 Å². The van der Waals surface area contributed by atoms with Gasteiger partial charge in [0.25, 0.3) is 0 Å². The minimum atomic E-state index is 0.613. The van der Waals surface area contributed by atoms with E-state index in [4.69, 9.17) is 12.2 Å². The minimum Gasteiger partial charge on any atom is -0.343 e. The zero-order chi connectivity index (χ0) is 14.1. The molecule has 2 aromatic rings. The second-order valence-corrected chi connectivity index (χ2v) is 6.06. The van der Waals surface area contributed by atoms with Crippen molar-refractivity contribution in [2.24, 2.45) is 0 Å². The molecular formula is C16H19N3S. The second kappa shape index (κ2) is 5.44. The highest BCUT2D eigenvalue weighted by Gasteiger charge is 2.18. The molecule has 0 atom stereocenters. The van der Waals surface area contributed by atoms with Crippen molar-refractivity contribution < 1.29 is 0 Å². The van der Waals surface area contributed by atoms with E-state index in [1.165, 1.54) is 31.4 Å². The number of hydrogen-bond acceptors (Lipinski definition) is 3. The average molecular weight is 285 g/mol. The molecule has 0 spiro atoms. The Labute approximate surface area is 124 Å². The number of aryl methyl sites for hydroxylation is 2. The number of aromatic nitrogens is 3. The van der Waals surface area contributed by atoms with Crippen LogP contribution < -0.4 is 0 Å². The first-order chi connectivity index (χ1) is 9.61. The van der Waals surface area contributed by atoms with Crippen molar-refractivity contribution in [3.05, 3.63) is 39.9 Å². The van der Waals surface area contributed by atoms with E-state index in [1.807, 2.05) is 19.9 Å². The Hall–Kier alpha value is -1.55. The summed E-state index contributed by atoms with van der Waals surface area (Å²) in [6.07, 6.45) is 5.14. The fourth-order valence-electron chi connectivity index (χ4n) is 3.04. The van der Waals surface area contributed by atoms with Crippen molar-refractivity contribution in [2.45, 2.75) is 45.4 Å². The van der Waals surface area contributed by atoms with Crippen LogP contribution in [0, 0.1) is 18.5 Å². The van der Waals surface area contributed by atoms with E-state index in [-0.39, 0.29) is 0 Å². The number of H-pyrrole nitrogens is 1. The molecule has 104 valence electrons. The van der Waals surface area contributed by atoms with Crippen molar-refractivity contribution in [1.29, 1.82) is 0 Å². The Morgan fingerprint density at radius 1 is 1.05 bits per heavy atom. The van der Waals surface area contributed by atoms with E-state index in [9.17, 15) is 0 Å². The van der Waals surface area contributed by atoms with E-state index in [0.29, 0.717) is 10.6 Å². The lowest BCUT2D eigenvalue weighted by molar-refractivity contribution is 0.694. The molecule has 1 N–H and O–H groups in total. The van der Waals surface area contributed by atoms with E-state index >= 15 is 0 Å². The third kappa shape index (κ3) is 2.80. The standard InChI is InChI=1S/C16H19N3S/c1-10-7-13(8-11(2)17-10)16-18-14(9-15(20)19-16)12-5-3-4-6-12/h7-9,12H,3-6H2,1-2H3,(H,18,19,20). The molecule has 3 nitrogen and oxygen atoms in total. The molecule has 0 aliphatic heterocycles. The summed E-state index contributed by atoms with van der Waals surface area (Å²) in [5, 5.41) is 0. The third-order valence-electron chi connectivity index (χ3n) is 3.91. The van der Waals surface area contributed by atoms with Gasteiger partial charge in [-0.15, -0.1) is 0 Å². The smallest absolute Gasteiger partial charge is 0.139 e. The molecule has 1 aliphatic carbocycles. The summed E-state index contributed by atoms with van der Waals surface area (Å²) in [7, 11) is 0. The highest BCUT2D eigenvalue weighted by Crippen LogP contribution is 2.33. The summed E-state index contributed by atoms with van der Waals surface area (Å²) in [6.45, 7) is 4.01. The zero-order valence-electron chi connectivity index (χ0n) is 11.9. The normalized spacial score (nSPS) is 15.7. The van der Waals surface area contributed by atoms with Crippen LogP contribution in [0.2, 0.25) is 0 Å². The van der Waals surface area contributed by atoms with E-state index in [0.717, 1.165) is 22.8 Å². The molecular weight excluding hydrogens is 266 g/mol. The first kappa shape index (κ1) is 13.4. The number of hydrogen-bond donors (Lipinski definition) is 1. The highest BCUT2D eigenvalue weighted by atomic mass is 32.1. The minimum absolute atomic E-state index is 0.613. The van der Waals surface area contributed by atoms with Crippen molar-refractivity contribution in [3.63, 3.8) is 0 Å². The summed E-state index contributed by atoms with van der Waals surface area (Å²) in [5.74, 6) is 1.48. The Kier molecular flexibility index (Phi) is 3.66. The van der Waals surface area contributed by atoms with Gasteiger partial charge in [0.15, 0.2) is 0 Å². The SMILES string of the molecule is Cc1cc(-c2nc(=S)cc(C3CCCC3)[nH]2)cc(C)n1. The van der Waals surface area contributed by atoms with Crippen molar-refractivity contribution >= 4 is 12.2 Å². The predicted octanol–water partition coefficient (Wildman–Crippen LogP) is 4.48. The average Bonchev–Trinajstić information content (AvgIpc) is 2.90. The van der Waals surface area contributed by atoms with Gasteiger partial charge >= 0.3 is 0 Å². The lowest BCUT2D eigenvalue weighted by Gasteiger charge is -2.12. The topological polar surface area (TPSA) is 41.6 Å². The van der Waals surface area contributed by atoms with Gasteiger partial charge in [0, 0.05) is 22.6 Å². The van der Waals surface area contributed by atoms with Gasteiger partial charge in [0.05, 0.1) is 0 Å². The fraction of sp³-hybridized carbons (Fsp3) is 0.438. The largest absolute Gasteiger partial charge is 0.343 e. The summed E-state index contributed by atoms with van der Waals surface area (Å²) >= 11 is 5.34. The summed E-state index contributed by atoms with van der Waals surface area (Å²) in [5.41, 5.74) is 4.32. The van der Waals surface area contributed by atoms with Gasteiger partial charge in [-0.2, -0.15) is 0 Å². The van der Waals surface area contributed by atoms with Crippen LogP contribution in [0.4, 0.5) is 0 Å². The lowest BCUT2D eigenvalue weighted by atomic mass is 10.0. The van der Waals surface area contributed by atoms with Crippen LogP contribution in [0.1, 0.15) is 48.7 Å². The van der Waals surface area contributed by atoms with E-state index in [2.05, 4.69) is 27.1 Å². The molecule has 4 heteroatoms. The molecule has 1 aliphatic rings. The molecule has 2 heterocycles. The van der Waals surface area contributed by atoms with Crippen LogP contribution >= 0.6 is 12.2 Å². The molecule has 0 amide bonds. The van der Waals surface area contributed by atoms with Gasteiger partial charge in [-0.1, -0.05) is 25.1 Å². The Morgan fingerprint density at radius 3 is 2.35 bits per heavy atom. The molecule has 1 saturated carbocycles. The number of nitrogens with one attached hydrogen (secondary N) is 1. The summed E-state index contributed by atoms with van der Waals surface area (Å²) < 4.78 is 0.674. The number of rotatable bonds is 2. The van der Waals surface area contributed by atoms with Gasteiger partial charge in [-0.25, -0.2) is 4.98 Å². The third-order valence-corrected chi connectivity index (χ3v) is 4.12. The quantitative estimate of drug-likeness (QED) is 0.827. The van der Waals surface area contributed by atoms with Crippen LogP contribution in [-0.4, -0.2) is 15.0 Å². The lowest BCUT2D eigenvalue weighted by Crippen LogP contribution is -2.01. The van der Waals surface area contributed by atoms with Gasteiger partial charge in [-0.3, -0.25) is 4.98 Å². The molecule has 20 heavy (non-hydrogen) atoms. The van der Waals surface area contributed by atoms with Crippen LogP contribution in [-0.2, 0) is 0 Å². The molecule has 0 radical (unpaired) electrons. The van der Waals surface area contributed by atoms with Crippen molar-refractivity contribution in [3.8, 4) is 11.4 Å². The van der Waals surface area contributed by atoms with E-state index in [1.54, 1.807) is 0 Å². The van der Waals surface area contributed by atoms with Crippen LogP contribution in [0.5, 0.6) is 0 Å². The Morgan fingerprint density at radius 2 is 1.70 bits per heavy atom. The molecule has 2 aromatic heterocycles. The Bertz CT molecular complexity index is 664. The first-order valence-electron chi connectivity index (χ1n) is 7.19. The summed E-state index contributed by atoms with van der Waals surface area (Å²) in [4.78, 5) is 12.4. The van der Waals surface area contributed by atoms with Crippen molar-refractivity contribution in [1.82, 2.24) is 15.0 Å². The Balaban J connectivity index is 2.06. The van der Waals surface area contributed by atoms with Gasteiger partial charge < -0.3 is 4.98 Å². The molecule has 0 aromatic carbocycles. The fourth-order valence-corrected chi connectivity index (χ4v) is 3.26. The van der Waals surface area contributed by atoms with Crippen LogP contribution in [0.3, 0.4) is 0 Å². The maximum atomic E-state index is 5.34. The van der Waals surface area contributed by atoms with Crippen molar-refractivity contribution in [2.75, 3.05) is 0 Å². The molecule has 3 rings (SSSR count). The maximum Gasteiger partial charge on any atom is 0.139 e.